The van der Waals surface area contributed by atoms with Crippen molar-refractivity contribution in [2.75, 3.05) is 19.6 Å². The minimum absolute atomic E-state index is 0.0233. The number of likely N-dealkylation sites (tertiary alicyclic amines) is 1. The zero-order chi connectivity index (χ0) is 27.7. The molecule has 1 N–H and O–H groups in total. The summed E-state index contributed by atoms with van der Waals surface area (Å²) in [6.07, 6.45) is -3.31. The van der Waals surface area contributed by atoms with Gasteiger partial charge in [0.25, 0.3) is 12.3 Å². The molecule has 1 fully saturated rings. The summed E-state index contributed by atoms with van der Waals surface area (Å²) >= 11 is 0. The van der Waals surface area contributed by atoms with E-state index in [0.29, 0.717) is 11.0 Å². The van der Waals surface area contributed by atoms with Crippen molar-refractivity contribution in [3.8, 4) is 0 Å². The minimum Gasteiger partial charge on any atom is -0.481 e. The fraction of sp³-hybridized carbons (Fsp3) is 0.615. The van der Waals surface area contributed by atoms with E-state index in [-0.39, 0.29) is 37.8 Å². The lowest BCUT2D eigenvalue weighted by Crippen LogP contribution is -2.60. The fourth-order valence-electron chi connectivity index (χ4n) is 4.70. The summed E-state index contributed by atoms with van der Waals surface area (Å²) in [4.78, 5) is 46.4. The topological polar surface area (TPSA) is 105 Å². The highest BCUT2D eigenvalue weighted by atomic mass is 19.3. The minimum atomic E-state index is -2.71. The average Bonchev–Trinajstić information content (AvgIpc) is 3.13. The third-order valence-electron chi connectivity index (χ3n) is 6.26. The maximum Gasteiger partial charge on any atom is 0.410 e. The number of piperidine rings is 1. The second-order valence-corrected chi connectivity index (χ2v) is 11.4. The van der Waals surface area contributed by atoms with E-state index in [9.17, 15) is 28.3 Å². The standard InChI is InChI=1S/C26H36F2N4O5/c1-16(2)12-31(22(33)21-29-18-9-7-8-10-19(18)32(21)14-20(27)28)17-11-26(6,23(34)35)15-30(13-17)24(36)37-25(3,4)5/h7-10,16-17,20H,11-15H2,1-6H3,(H,34,35)/t17-,26+/m0/s1. The van der Waals surface area contributed by atoms with Gasteiger partial charge in [0.2, 0.25) is 0 Å². The van der Waals surface area contributed by atoms with Gasteiger partial charge in [0.05, 0.1) is 29.0 Å². The number of ether oxygens (including phenoxy) is 1. The Morgan fingerprint density at radius 3 is 2.46 bits per heavy atom. The van der Waals surface area contributed by atoms with Crippen LogP contribution in [0.3, 0.4) is 0 Å². The molecule has 1 aromatic heterocycles. The molecule has 0 bridgehead atoms. The normalized spacial score (nSPS) is 20.5. The van der Waals surface area contributed by atoms with Crippen LogP contribution >= 0.6 is 0 Å². The number of nitrogens with zero attached hydrogens (tertiary/aromatic N) is 4. The third kappa shape index (κ3) is 6.56. The number of carbonyl (C=O) groups excluding carboxylic acids is 2. The molecule has 0 unspecified atom stereocenters. The second-order valence-electron chi connectivity index (χ2n) is 11.4. The number of carbonyl (C=O) groups is 3. The van der Waals surface area contributed by atoms with Crippen molar-refractivity contribution in [3.63, 3.8) is 0 Å². The van der Waals surface area contributed by atoms with Crippen molar-refractivity contribution in [1.82, 2.24) is 19.4 Å². The van der Waals surface area contributed by atoms with Crippen molar-refractivity contribution in [2.24, 2.45) is 11.3 Å². The largest absolute Gasteiger partial charge is 0.481 e. The van der Waals surface area contributed by atoms with Crippen LogP contribution < -0.4 is 0 Å². The number of alkyl halides is 2. The van der Waals surface area contributed by atoms with Crippen LogP contribution in [0.5, 0.6) is 0 Å². The van der Waals surface area contributed by atoms with Gasteiger partial charge in [-0.2, -0.15) is 0 Å². The summed E-state index contributed by atoms with van der Waals surface area (Å²) in [5.74, 6) is -1.86. The first-order valence-electron chi connectivity index (χ1n) is 12.4. The molecule has 2 aromatic rings. The summed E-state index contributed by atoms with van der Waals surface area (Å²) in [6, 6.07) is 5.97. The molecule has 2 heterocycles. The predicted molar refractivity (Wildman–Crippen MR) is 134 cm³/mol. The second kappa shape index (κ2) is 10.6. The Morgan fingerprint density at radius 2 is 1.89 bits per heavy atom. The predicted octanol–water partition coefficient (Wildman–Crippen LogP) is 4.50. The molecular formula is C26H36F2N4O5. The van der Waals surface area contributed by atoms with E-state index in [1.54, 1.807) is 45.0 Å². The summed E-state index contributed by atoms with van der Waals surface area (Å²) in [7, 11) is 0. The molecule has 0 spiro atoms. The van der Waals surface area contributed by atoms with Gasteiger partial charge in [-0.15, -0.1) is 0 Å². The molecule has 0 saturated carbocycles. The van der Waals surface area contributed by atoms with E-state index in [1.807, 2.05) is 13.8 Å². The van der Waals surface area contributed by atoms with Gasteiger partial charge in [-0.05, 0) is 52.2 Å². The monoisotopic (exact) mass is 522 g/mol. The highest BCUT2D eigenvalue weighted by Gasteiger charge is 2.47. The van der Waals surface area contributed by atoms with Crippen LogP contribution in [0.15, 0.2) is 24.3 Å². The molecule has 9 nitrogen and oxygen atoms in total. The molecule has 37 heavy (non-hydrogen) atoms. The number of benzene rings is 1. The number of imidazole rings is 1. The number of hydrogen-bond donors (Lipinski definition) is 1. The van der Waals surface area contributed by atoms with E-state index < -0.39 is 48.0 Å². The van der Waals surface area contributed by atoms with E-state index in [4.69, 9.17) is 4.74 Å². The van der Waals surface area contributed by atoms with Gasteiger partial charge in [0.15, 0.2) is 5.82 Å². The van der Waals surface area contributed by atoms with Crippen LogP contribution in [0.1, 0.15) is 58.6 Å². The van der Waals surface area contributed by atoms with Gasteiger partial charge in [0, 0.05) is 19.6 Å². The average molecular weight is 523 g/mol. The number of para-hydroxylation sites is 2. The van der Waals surface area contributed by atoms with Crippen LogP contribution in [0.2, 0.25) is 0 Å². The van der Waals surface area contributed by atoms with E-state index in [1.165, 1.54) is 21.3 Å². The van der Waals surface area contributed by atoms with Gasteiger partial charge < -0.3 is 24.2 Å². The highest BCUT2D eigenvalue weighted by molar-refractivity contribution is 5.95. The lowest BCUT2D eigenvalue weighted by Gasteiger charge is -2.46. The molecule has 3 rings (SSSR count). The van der Waals surface area contributed by atoms with Crippen molar-refractivity contribution in [1.29, 1.82) is 0 Å². The molecule has 2 amide bonds. The molecule has 1 aliphatic rings. The SMILES string of the molecule is CC(C)CN(C(=O)c1nc2ccccc2n1CC(F)F)[C@@H]1CN(C(=O)OC(C)(C)C)C[C@](C)(C(=O)O)C1. The van der Waals surface area contributed by atoms with E-state index >= 15 is 0 Å². The molecule has 0 radical (unpaired) electrons. The zero-order valence-electron chi connectivity index (χ0n) is 22.2. The molecule has 2 atom stereocenters. The van der Waals surface area contributed by atoms with Crippen LogP contribution in [-0.4, -0.2) is 80.1 Å². The van der Waals surface area contributed by atoms with Crippen molar-refractivity contribution < 1.29 is 33.0 Å². The Kier molecular flexibility index (Phi) is 8.14. The number of carboxylic acid groups (broad SMARTS) is 1. The Morgan fingerprint density at radius 1 is 1.24 bits per heavy atom. The smallest absolute Gasteiger partial charge is 0.410 e. The lowest BCUT2D eigenvalue weighted by molar-refractivity contribution is -0.152. The Hall–Kier alpha value is -3.24. The lowest BCUT2D eigenvalue weighted by atomic mass is 9.79. The molecule has 11 heteroatoms. The van der Waals surface area contributed by atoms with Crippen LogP contribution in [0.25, 0.3) is 11.0 Å². The fourth-order valence-corrected chi connectivity index (χ4v) is 4.70. The quantitative estimate of drug-likeness (QED) is 0.574. The summed E-state index contributed by atoms with van der Waals surface area (Å²) < 4.78 is 33.7. The molecule has 1 aromatic carbocycles. The first kappa shape index (κ1) is 28.3. The van der Waals surface area contributed by atoms with Gasteiger partial charge >= 0.3 is 12.1 Å². The number of halogens is 2. The van der Waals surface area contributed by atoms with Gasteiger partial charge in [0.1, 0.15) is 5.60 Å². The molecule has 204 valence electrons. The maximum absolute atomic E-state index is 14.0. The summed E-state index contributed by atoms with van der Waals surface area (Å²) in [5.41, 5.74) is -1.33. The Balaban J connectivity index is 2.05. The van der Waals surface area contributed by atoms with Crippen LogP contribution in [-0.2, 0) is 16.1 Å². The van der Waals surface area contributed by atoms with Gasteiger partial charge in [-0.1, -0.05) is 26.0 Å². The Bertz CT molecular complexity index is 1160. The summed E-state index contributed by atoms with van der Waals surface area (Å²) in [6.45, 7) is 9.94. The number of hydrogen-bond acceptors (Lipinski definition) is 5. The number of carboxylic acids is 1. The number of fused-ring (bicyclic) bond motifs is 1. The first-order chi connectivity index (χ1) is 17.1. The summed E-state index contributed by atoms with van der Waals surface area (Å²) in [5, 5.41) is 10.0. The number of amides is 2. The van der Waals surface area contributed by atoms with Gasteiger partial charge in [-0.3, -0.25) is 9.59 Å². The molecule has 0 aliphatic carbocycles. The number of aliphatic carboxylic acids is 1. The van der Waals surface area contributed by atoms with Gasteiger partial charge in [-0.25, -0.2) is 18.6 Å². The Labute approximate surface area is 215 Å². The third-order valence-corrected chi connectivity index (χ3v) is 6.26. The molecular weight excluding hydrogens is 486 g/mol. The number of rotatable bonds is 7. The molecule has 1 aliphatic heterocycles. The van der Waals surface area contributed by atoms with Crippen LogP contribution in [0, 0.1) is 11.3 Å². The molecule has 1 saturated heterocycles. The maximum atomic E-state index is 14.0. The number of aromatic nitrogens is 2. The first-order valence-corrected chi connectivity index (χ1v) is 12.4. The highest BCUT2D eigenvalue weighted by Crippen LogP contribution is 2.34. The zero-order valence-corrected chi connectivity index (χ0v) is 22.2. The van der Waals surface area contributed by atoms with E-state index in [2.05, 4.69) is 4.98 Å². The van der Waals surface area contributed by atoms with E-state index in [0.717, 1.165) is 0 Å². The van der Waals surface area contributed by atoms with Crippen LogP contribution in [0.4, 0.5) is 13.6 Å². The van der Waals surface area contributed by atoms with Crippen molar-refractivity contribution in [3.05, 3.63) is 30.1 Å². The van der Waals surface area contributed by atoms with Crippen molar-refractivity contribution >= 4 is 29.0 Å². The van der Waals surface area contributed by atoms with Crippen molar-refractivity contribution in [2.45, 2.75) is 72.6 Å².